The molecular weight excluding hydrogens is 1750 g/mol. The normalized spacial score (nSPS) is 11.4. The molecule has 0 radical (unpaired) electrons. The summed E-state index contributed by atoms with van der Waals surface area (Å²) in [5.41, 5.74) is -14.7. The lowest BCUT2D eigenvalue weighted by Crippen LogP contribution is -2.20. The molecule has 0 aliphatic rings. The van der Waals surface area contributed by atoms with Crippen LogP contribution in [0.3, 0.4) is 0 Å². The van der Waals surface area contributed by atoms with Crippen LogP contribution in [0.2, 0.25) is 0 Å². The largest absolute Gasteiger partial charge is 0.487 e. The molecule has 0 unspecified atom stereocenters. The number of halogens is 24. The highest BCUT2D eigenvalue weighted by Gasteiger charge is 2.41. The molecule has 0 aromatic heterocycles. The smallest absolute Gasteiger partial charge is 0.349 e. The van der Waals surface area contributed by atoms with Crippen molar-refractivity contribution in [3.8, 4) is 69.0 Å². The Morgan fingerprint density at radius 3 is 0.381 bits per heavy atom. The first-order valence-corrected chi connectivity index (χ1v) is 37.6. The van der Waals surface area contributed by atoms with Crippen molar-refractivity contribution in [3.63, 3.8) is 0 Å². The molecule has 10 rings (SSSR count). The second-order valence-electron chi connectivity index (χ2n) is 26.8. The van der Waals surface area contributed by atoms with E-state index in [0.717, 1.165) is 0 Å². The van der Waals surface area contributed by atoms with Gasteiger partial charge in [0.05, 0.1) is 39.6 Å². The maximum atomic E-state index is 16.3. The highest BCUT2D eigenvalue weighted by Crippen LogP contribution is 2.50. The zero-order chi connectivity index (χ0) is 92.6. The van der Waals surface area contributed by atoms with Crippen molar-refractivity contribution in [2.45, 2.75) is 119 Å². The summed E-state index contributed by atoms with van der Waals surface area (Å²) in [6.45, 7) is 5.01. The van der Waals surface area contributed by atoms with E-state index >= 15 is 105 Å². The third-order valence-corrected chi connectivity index (χ3v) is 18.4. The van der Waals surface area contributed by atoms with Crippen LogP contribution in [0.5, 0.6) is 69.0 Å². The molecule has 0 atom stereocenters. The number of hydrogen-bond donors (Lipinski definition) is 0. The number of rotatable bonds is 36. The molecule has 0 bridgehead atoms. The Balaban J connectivity index is 1.38. The Labute approximate surface area is 693 Å². The molecule has 0 N–H and O–H groups in total. The van der Waals surface area contributed by atoms with Gasteiger partial charge in [-0.15, -0.1) is 0 Å². The fourth-order valence-corrected chi connectivity index (χ4v) is 11.8. The van der Waals surface area contributed by atoms with Crippen LogP contribution in [0.1, 0.15) is 181 Å². The van der Waals surface area contributed by atoms with Gasteiger partial charge in [0, 0.05) is 0 Å². The highest BCUT2D eigenvalue weighted by molar-refractivity contribution is 6.27. The number of hydrogen-bond acceptors (Lipinski definition) is 18. The molecule has 0 amide bonds. The molecule has 0 saturated heterocycles. The van der Waals surface area contributed by atoms with Crippen LogP contribution in [-0.2, 0) is 0 Å². The van der Waals surface area contributed by atoms with Gasteiger partial charge in [-0.2, -0.15) is 52.7 Å². The van der Waals surface area contributed by atoms with Crippen LogP contribution in [0, 0.1) is 140 Å². The van der Waals surface area contributed by atoms with E-state index in [0.29, 0.717) is 0 Å². The van der Waals surface area contributed by atoms with Crippen molar-refractivity contribution in [1.82, 2.24) is 0 Å². The van der Waals surface area contributed by atoms with Crippen molar-refractivity contribution in [3.05, 3.63) is 209 Å². The average Bonchev–Trinajstić information content (AvgIpc) is 0.716. The summed E-state index contributed by atoms with van der Waals surface area (Å²) in [6, 6.07) is 0.526. The minimum Gasteiger partial charge on any atom is -0.487 e. The topological polar surface area (TPSA) is 213 Å². The van der Waals surface area contributed by atoms with Crippen LogP contribution < -0.4 is 56.8 Å². The van der Waals surface area contributed by atoms with E-state index in [1.807, 2.05) is 0 Å². The lowest BCUT2D eigenvalue weighted by Gasteiger charge is -2.20. The molecule has 126 heavy (non-hydrogen) atoms. The van der Waals surface area contributed by atoms with Gasteiger partial charge in [-0.05, 0) is 107 Å². The van der Waals surface area contributed by atoms with Crippen LogP contribution in [0.15, 0.2) is 36.4 Å². The first-order chi connectivity index (χ1) is 59.8. The monoisotopic (exact) mass is 1810 g/mol. The van der Waals surface area contributed by atoms with Gasteiger partial charge in [0.1, 0.15) is 33.4 Å². The number of ether oxygens (including phenoxy) is 12. The van der Waals surface area contributed by atoms with Crippen molar-refractivity contribution >= 4 is 68.1 Å². The third kappa shape index (κ3) is 18.5. The summed E-state index contributed by atoms with van der Waals surface area (Å²) in [4.78, 5) is 86.8. The molecular formula is C84H60F24O18. The van der Waals surface area contributed by atoms with Gasteiger partial charge in [-0.3, -0.25) is 0 Å². The maximum Gasteiger partial charge on any atom is 0.349 e. The Morgan fingerprint density at radius 1 is 0.183 bits per heavy atom. The first-order valence-electron chi connectivity index (χ1n) is 37.6. The van der Waals surface area contributed by atoms with Gasteiger partial charge in [-0.1, -0.05) is 80.1 Å². The van der Waals surface area contributed by atoms with Crippen molar-refractivity contribution in [2.75, 3.05) is 39.6 Å². The van der Waals surface area contributed by atoms with E-state index in [2.05, 4.69) is 0 Å². The summed E-state index contributed by atoms with van der Waals surface area (Å²) < 4.78 is 447. The minimum absolute atomic E-state index is 0.0584. The van der Waals surface area contributed by atoms with E-state index < -0.39 is 350 Å². The average molecular weight is 1810 g/mol. The number of unbranched alkanes of at least 4 members (excludes halogenated alkanes) is 6. The van der Waals surface area contributed by atoms with Gasteiger partial charge in [0.15, 0.2) is 139 Å². The molecule has 0 fully saturated rings. The van der Waals surface area contributed by atoms with Gasteiger partial charge in [-0.25, -0.2) is 81.5 Å². The Hall–Kier alpha value is -13.1. The standard InChI is InChI=1S/C84H60F24O18/c1-7-13-19-115-73-61(97)49(85)43(50(86)62(73)98)79(109)121-37-25-31-32(26-38(37)122-80(110)44-51(87)63(99)74(64(100)52(44)88)116-20-14-8-2)34-28-40(124-82(112)46-55(91)67(103)76(68(104)56(46)92)118-22-16-10-4)42(126-84(114)48-59(95)71(107)78(72(108)60(48)96)120-24-18-12-6)30-36(34)35-29-41(125-83(113)47-57(93)69(105)77(70(106)58(47)94)119-23-17-11-5)39(27-33(31)35)123-81(111)45-53(89)65(101)75(66(102)54(45)90)117-21-15-9-3/h25-30H,7-24H2,1-6H3. The first kappa shape index (κ1) is 95.2. The third-order valence-electron chi connectivity index (χ3n) is 18.4. The minimum atomic E-state index is -2.74. The van der Waals surface area contributed by atoms with Crippen molar-refractivity contribution < 1.29 is 191 Å². The fraction of sp³-hybridized carbons (Fsp3) is 0.286. The summed E-state index contributed by atoms with van der Waals surface area (Å²) in [7, 11) is 0. The Kier molecular flexibility index (Phi) is 30.4. The van der Waals surface area contributed by atoms with E-state index in [9.17, 15) is 28.8 Å². The second kappa shape index (κ2) is 40.3. The fourth-order valence-electron chi connectivity index (χ4n) is 11.8. The summed E-state index contributed by atoms with van der Waals surface area (Å²) in [5, 5.41) is -7.18. The summed E-state index contributed by atoms with van der Waals surface area (Å²) in [6.07, 6.45) is 0.906. The van der Waals surface area contributed by atoms with Crippen LogP contribution in [-0.4, -0.2) is 75.5 Å². The van der Waals surface area contributed by atoms with E-state index in [1.54, 1.807) is 0 Å². The van der Waals surface area contributed by atoms with Crippen molar-refractivity contribution in [1.29, 1.82) is 0 Å². The zero-order valence-electron chi connectivity index (χ0n) is 65.6. The lowest BCUT2D eigenvalue weighted by molar-refractivity contribution is 0.0668. The molecule has 10 aromatic carbocycles. The number of esters is 6. The predicted octanol–water partition coefficient (Wildman–Crippen LogP) is 22.9. The van der Waals surface area contributed by atoms with Crippen LogP contribution in [0.25, 0.3) is 32.3 Å². The molecule has 0 aliphatic carbocycles. The Bertz CT molecular complexity index is 4930. The number of carbonyl (C=O) groups is 6. The Morgan fingerprint density at radius 2 is 0.286 bits per heavy atom. The van der Waals surface area contributed by atoms with E-state index in [1.165, 1.54) is 41.5 Å². The molecule has 0 aliphatic heterocycles. The molecule has 18 nitrogen and oxygen atoms in total. The maximum absolute atomic E-state index is 16.3. The molecule has 42 heteroatoms. The lowest BCUT2D eigenvalue weighted by atomic mass is 9.93. The zero-order valence-corrected chi connectivity index (χ0v) is 65.6. The molecule has 0 spiro atoms. The van der Waals surface area contributed by atoms with Gasteiger partial charge in [0.2, 0.25) is 69.8 Å². The summed E-state index contributed by atoms with van der Waals surface area (Å²) in [5.74, 6) is -101. The SMILES string of the molecule is CCCCOc1c(F)c(F)c(C(=O)Oc2cc3c4cc(OC(=O)c5c(F)c(F)c(OCCCC)c(F)c5F)c(OC(=O)c5c(F)c(F)c(OCCCC)c(F)c5F)cc4c4cc(OC(=O)c5c(F)c(F)c(OCCCC)c(F)c5F)c(OC(=O)c5c(F)c(F)c(OCCCC)c(F)c5F)cc4c3cc2OC(=O)c2c(F)c(F)c(OCCCC)c(F)c2F)c(F)c1F. The number of fused-ring (bicyclic) bond motifs is 6. The van der Waals surface area contributed by atoms with Gasteiger partial charge < -0.3 is 56.8 Å². The molecule has 0 heterocycles. The molecule has 672 valence electrons. The van der Waals surface area contributed by atoms with E-state index in [4.69, 9.17) is 56.8 Å². The molecule has 0 saturated carbocycles. The van der Waals surface area contributed by atoms with Crippen LogP contribution >= 0.6 is 0 Å². The van der Waals surface area contributed by atoms with Crippen molar-refractivity contribution in [2.24, 2.45) is 0 Å². The van der Waals surface area contributed by atoms with E-state index in [-0.39, 0.29) is 113 Å². The van der Waals surface area contributed by atoms with Crippen LogP contribution in [0.4, 0.5) is 105 Å². The number of benzene rings is 10. The second-order valence-corrected chi connectivity index (χ2v) is 26.8. The highest BCUT2D eigenvalue weighted by atomic mass is 19.2. The van der Waals surface area contributed by atoms with Gasteiger partial charge in [0.25, 0.3) is 0 Å². The summed E-state index contributed by atoms with van der Waals surface area (Å²) >= 11 is 0. The molecule has 10 aromatic rings. The predicted molar refractivity (Wildman–Crippen MR) is 389 cm³/mol. The van der Waals surface area contributed by atoms with Gasteiger partial charge >= 0.3 is 35.8 Å². The quantitative estimate of drug-likeness (QED) is 0.00891. The number of carbonyl (C=O) groups excluding carboxylic acids is 6.